The number of aliphatic hydroxyl groups is 1. The molecule has 2 N–H and O–H groups in total. The molecule has 5 aromatic rings. The molecule has 2 bridgehead atoms. The highest BCUT2D eigenvalue weighted by Gasteiger charge is 2.51. The molecule has 1 amide bonds. The average molecular weight is 453 g/mol. The monoisotopic (exact) mass is 453 g/mol. The number of hydrogen-bond acceptors (Lipinski definition) is 4. The fourth-order valence-corrected chi connectivity index (χ4v) is 6.86. The standard InChI is InChI=1S/C27H23N3O4/c1-27-11-18(33-2)24(31)26(34-27)29-16-9-5-3-7-13(16)20-21-15(12-28-25(21)32)19-14-8-4-6-10-17(14)30(27)23(19)22(20)29/h3-10,18,24,26,31H,11-12H2,1-2H3,(H,28,32)/t18-,24+,26-,27-/m1/s1. The molecule has 2 aromatic heterocycles. The Morgan fingerprint density at radius 2 is 1.76 bits per heavy atom. The third-order valence-corrected chi connectivity index (χ3v) is 8.17. The van der Waals surface area contributed by atoms with Gasteiger partial charge in [-0.2, -0.15) is 0 Å². The number of aromatic nitrogens is 2. The number of aliphatic hydroxyl groups excluding tert-OH is 1. The Balaban J connectivity index is 1.74. The van der Waals surface area contributed by atoms with Crippen LogP contribution in [0.4, 0.5) is 0 Å². The summed E-state index contributed by atoms with van der Waals surface area (Å²) >= 11 is 0. The van der Waals surface area contributed by atoms with Crippen molar-refractivity contribution in [2.75, 3.05) is 7.11 Å². The Hall–Kier alpha value is -3.39. The number of nitrogens with zero attached hydrogens (tertiary/aromatic N) is 2. The molecule has 0 unspecified atom stereocenters. The Labute approximate surface area is 194 Å². The predicted molar refractivity (Wildman–Crippen MR) is 129 cm³/mol. The van der Waals surface area contributed by atoms with Crippen LogP contribution in [-0.4, -0.2) is 39.5 Å². The van der Waals surface area contributed by atoms with Crippen molar-refractivity contribution in [1.29, 1.82) is 0 Å². The molecule has 8 rings (SSSR count). The van der Waals surface area contributed by atoms with Crippen LogP contribution in [0.3, 0.4) is 0 Å². The van der Waals surface area contributed by atoms with Crippen LogP contribution in [0.5, 0.6) is 0 Å². The van der Waals surface area contributed by atoms with Crippen LogP contribution in [0.25, 0.3) is 43.6 Å². The van der Waals surface area contributed by atoms with E-state index < -0.39 is 24.2 Å². The SMILES string of the molecule is CO[C@@H]1C[C@@]2(C)O[C@H]([C@H]1O)n1c3ccccc3c3c4c(c5c6ccccc6n2c5c31)CNC4=O. The van der Waals surface area contributed by atoms with Crippen LogP contribution in [-0.2, 0) is 21.7 Å². The van der Waals surface area contributed by atoms with Gasteiger partial charge in [-0.25, -0.2) is 0 Å². The number of benzene rings is 3. The molecule has 3 aromatic carbocycles. The van der Waals surface area contributed by atoms with E-state index in [1.807, 2.05) is 30.3 Å². The van der Waals surface area contributed by atoms with Gasteiger partial charge in [0, 0.05) is 41.6 Å². The quantitative estimate of drug-likeness (QED) is 0.400. The first kappa shape index (κ1) is 19.0. The zero-order valence-corrected chi connectivity index (χ0v) is 18.8. The number of methoxy groups -OCH3 is 1. The molecule has 5 heterocycles. The number of nitrogens with one attached hydrogen (secondary N) is 1. The molecule has 7 nitrogen and oxygen atoms in total. The molecule has 0 spiro atoms. The van der Waals surface area contributed by atoms with Crippen LogP contribution in [0.15, 0.2) is 48.5 Å². The second-order valence-electron chi connectivity index (χ2n) is 9.88. The molecular formula is C27H23N3O4. The number of hydrogen-bond donors (Lipinski definition) is 2. The van der Waals surface area contributed by atoms with Crippen molar-refractivity contribution in [3.8, 4) is 0 Å². The van der Waals surface area contributed by atoms with Gasteiger partial charge in [0.25, 0.3) is 5.91 Å². The number of fused-ring (bicyclic) bond motifs is 13. The number of carbonyl (C=O) groups is 1. The minimum atomic E-state index is -0.856. The summed E-state index contributed by atoms with van der Waals surface area (Å²) in [5.41, 5.74) is 5.01. The Bertz CT molecular complexity index is 1730. The van der Waals surface area contributed by atoms with E-state index >= 15 is 0 Å². The van der Waals surface area contributed by atoms with E-state index in [9.17, 15) is 9.90 Å². The molecular weight excluding hydrogens is 430 g/mol. The molecule has 3 aliphatic heterocycles. The van der Waals surface area contributed by atoms with E-state index in [2.05, 4.69) is 39.6 Å². The molecule has 34 heavy (non-hydrogen) atoms. The lowest BCUT2D eigenvalue weighted by Gasteiger charge is -2.45. The number of ether oxygens (including phenoxy) is 2. The van der Waals surface area contributed by atoms with Crippen LogP contribution in [0.1, 0.15) is 35.5 Å². The summed E-state index contributed by atoms with van der Waals surface area (Å²) in [4.78, 5) is 13.2. The maximum absolute atomic E-state index is 13.2. The van der Waals surface area contributed by atoms with E-state index in [4.69, 9.17) is 9.47 Å². The molecule has 3 aliphatic rings. The number of amides is 1. The van der Waals surface area contributed by atoms with Crippen LogP contribution >= 0.6 is 0 Å². The van der Waals surface area contributed by atoms with Gasteiger partial charge < -0.3 is 29.0 Å². The third-order valence-electron chi connectivity index (χ3n) is 8.17. The van der Waals surface area contributed by atoms with E-state index in [0.717, 1.165) is 54.7 Å². The van der Waals surface area contributed by atoms with Crippen molar-refractivity contribution in [1.82, 2.24) is 14.5 Å². The molecule has 0 aliphatic carbocycles. The fourth-order valence-electron chi connectivity index (χ4n) is 6.86. The second kappa shape index (κ2) is 5.99. The van der Waals surface area contributed by atoms with Crippen LogP contribution in [0.2, 0.25) is 0 Å². The van der Waals surface area contributed by atoms with Gasteiger partial charge in [0.15, 0.2) is 6.23 Å². The minimum absolute atomic E-state index is 0.0497. The van der Waals surface area contributed by atoms with E-state index in [1.165, 1.54) is 0 Å². The zero-order chi connectivity index (χ0) is 22.9. The predicted octanol–water partition coefficient (Wildman–Crippen LogP) is 4.13. The normalized spacial score (nSPS) is 27.7. The molecule has 1 fully saturated rings. The first-order valence-corrected chi connectivity index (χ1v) is 11.7. The summed E-state index contributed by atoms with van der Waals surface area (Å²) in [6, 6.07) is 16.4. The van der Waals surface area contributed by atoms with Crippen molar-refractivity contribution >= 4 is 49.5 Å². The van der Waals surface area contributed by atoms with Gasteiger partial charge in [-0.1, -0.05) is 36.4 Å². The fraction of sp³-hybridized carbons (Fsp3) is 0.296. The molecule has 0 radical (unpaired) electrons. The van der Waals surface area contributed by atoms with Crippen molar-refractivity contribution in [3.63, 3.8) is 0 Å². The lowest BCUT2D eigenvalue weighted by molar-refractivity contribution is -0.265. The zero-order valence-electron chi connectivity index (χ0n) is 18.8. The summed E-state index contributed by atoms with van der Waals surface area (Å²) in [6.07, 6.45) is -1.41. The van der Waals surface area contributed by atoms with Crippen molar-refractivity contribution < 1.29 is 19.4 Å². The van der Waals surface area contributed by atoms with E-state index in [-0.39, 0.29) is 5.91 Å². The van der Waals surface area contributed by atoms with Crippen molar-refractivity contribution in [3.05, 3.63) is 59.7 Å². The molecule has 4 atom stereocenters. The summed E-state index contributed by atoms with van der Waals surface area (Å²) in [6.45, 7) is 2.58. The Morgan fingerprint density at radius 3 is 2.53 bits per heavy atom. The first-order valence-electron chi connectivity index (χ1n) is 11.7. The maximum Gasteiger partial charge on any atom is 0.252 e. The Morgan fingerprint density at radius 1 is 1.06 bits per heavy atom. The highest BCUT2D eigenvalue weighted by atomic mass is 16.6. The molecule has 170 valence electrons. The van der Waals surface area contributed by atoms with Crippen molar-refractivity contribution in [2.24, 2.45) is 0 Å². The van der Waals surface area contributed by atoms with E-state index in [1.54, 1.807) is 7.11 Å². The summed E-state index contributed by atoms with van der Waals surface area (Å²) in [7, 11) is 1.65. The van der Waals surface area contributed by atoms with Gasteiger partial charge in [0.05, 0.1) is 33.7 Å². The lowest BCUT2D eigenvalue weighted by atomic mass is 9.96. The van der Waals surface area contributed by atoms with Gasteiger partial charge in [-0.3, -0.25) is 4.79 Å². The highest BCUT2D eigenvalue weighted by molar-refractivity contribution is 6.31. The van der Waals surface area contributed by atoms with Gasteiger partial charge >= 0.3 is 0 Å². The van der Waals surface area contributed by atoms with Crippen LogP contribution < -0.4 is 5.32 Å². The summed E-state index contributed by atoms with van der Waals surface area (Å²) in [5.74, 6) is -0.0497. The smallest absolute Gasteiger partial charge is 0.252 e. The van der Waals surface area contributed by atoms with Gasteiger partial charge in [-0.15, -0.1) is 0 Å². The summed E-state index contributed by atoms with van der Waals surface area (Å²) in [5, 5.41) is 18.6. The minimum Gasteiger partial charge on any atom is -0.386 e. The van der Waals surface area contributed by atoms with Crippen LogP contribution in [0, 0.1) is 0 Å². The molecule has 0 saturated carbocycles. The Kier molecular flexibility index (Phi) is 3.34. The third kappa shape index (κ3) is 1.96. The summed E-state index contributed by atoms with van der Waals surface area (Å²) < 4.78 is 17.0. The number of rotatable bonds is 1. The van der Waals surface area contributed by atoms with Gasteiger partial charge in [0.2, 0.25) is 0 Å². The maximum atomic E-state index is 13.2. The number of carbonyl (C=O) groups excluding carboxylic acids is 1. The van der Waals surface area contributed by atoms with Gasteiger partial charge in [0.1, 0.15) is 11.8 Å². The lowest BCUT2D eigenvalue weighted by Crippen LogP contribution is -2.51. The highest BCUT2D eigenvalue weighted by Crippen LogP contribution is 2.53. The molecule has 1 saturated heterocycles. The average Bonchev–Trinajstić information content (AvgIpc) is 3.48. The first-order chi connectivity index (χ1) is 16.5. The largest absolute Gasteiger partial charge is 0.386 e. The molecule has 7 heteroatoms. The number of para-hydroxylation sites is 2. The van der Waals surface area contributed by atoms with Crippen molar-refractivity contribution in [2.45, 2.75) is 44.1 Å². The van der Waals surface area contributed by atoms with Gasteiger partial charge in [-0.05, 0) is 24.6 Å². The topological polar surface area (TPSA) is 77.7 Å². The second-order valence-corrected chi connectivity index (χ2v) is 9.88. The van der Waals surface area contributed by atoms with E-state index in [0.29, 0.717) is 13.0 Å².